The first kappa shape index (κ1) is 20.8. The van der Waals surface area contributed by atoms with Crippen LogP contribution in [-0.4, -0.2) is 34.5 Å². The Morgan fingerprint density at radius 2 is 1.87 bits per heavy atom. The third-order valence-electron chi connectivity index (χ3n) is 4.23. The van der Waals surface area contributed by atoms with Gasteiger partial charge in [0.15, 0.2) is 11.6 Å². The lowest BCUT2D eigenvalue weighted by molar-refractivity contribution is -0.114. The van der Waals surface area contributed by atoms with Crippen LogP contribution in [0.15, 0.2) is 52.1 Å². The summed E-state index contributed by atoms with van der Waals surface area (Å²) in [6, 6.07) is 10.7. The van der Waals surface area contributed by atoms with Gasteiger partial charge in [-0.2, -0.15) is 4.68 Å². The highest BCUT2D eigenvalue weighted by Crippen LogP contribution is 2.20. The van der Waals surface area contributed by atoms with Crippen molar-refractivity contribution in [1.82, 2.24) is 14.3 Å². The van der Waals surface area contributed by atoms with E-state index in [4.69, 9.17) is 9.47 Å². The van der Waals surface area contributed by atoms with Crippen molar-refractivity contribution >= 4 is 11.6 Å². The molecule has 2 aromatic carbocycles. The molecule has 10 heteroatoms. The van der Waals surface area contributed by atoms with Crippen LogP contribution >= 0.6 is 0 Å². The number of anilines is 1. The van der Waals surface area contributed by atoms with Gasteiger partial charge in [0.05, 0.1) is 26.5 Å². The van der Waals surface area contributed by atoms with E-state index in [1.807, 2.05) is 0 Å². The molecule has 1 N–H and O–H groups in total. The number of halogens is 1. The molecule has 1 heterocycles. The van der Waals surface area contributed by atoms with Crippen LogP contribution in [0.5, 0.6) is 11.6 Å². The number of hydrogen-bond donors (Lipinski definition) is 1. The number of amides is 1. The summed E-state index contributed by atoms with van der Waals surface area (Å²) in [5.74, 6) is -1.32. The maximum Gasteiger partial charge on any atom is 0.352 e. The molecule has 156 valence electrons. The summed E-state index contributed by atoms with van der Waals surface area (Å²) in [6.45, 7) is 0.994. The zero-order valence-corrected chi connectivity index (χ0v) is 16.5. The largest absolute Gasteiger partial charge is 0.494 e. The number of carbonyl (C=O) groups is 1. The van der Waals surface area contributed by atoms with E-state index in [0.717, 1.165) is 9.25 Å². The molecule has 3 rings (SSSR count). The molecule has 0 radical (unpaired) electrons. The summed E-state index contributed by atoms with van der Waals surface area (Å²) >= 11 is 0. The van der Waals surface area contributed by atoms with Gasteiger partial charge in [-0.1, -0.05) is 18.2 Å². The first-order valence-corrected chi connectivity index (χ1v) is 8.83. The fourth-order valence-electron chi connectivity index (χ4n) is 2.85. The summed E-state index contributed by atoms with van der Waals surface area (Å²) in [5.41, 5.74) is -0.809. The normalized spacial score (nSPS) is 10.5. The molecule has 0 aliphatic rings. The molecule has 0 spiro atoms. The van der Waals surface area contributed by atoms with Crippen molar-refractivity contribution in [1.29, 1.82) is 0 Å². The Labute approximate surface area is 170 Å². The van der Waals surface area contributed by atoms with E-state index in [0.29, 0.717) is 5.69 Å². The minimum atomic E-state index is -0.806. The van der Waals surface area contributed by atoms with Crippen LogP contribution in [0.4, 0.5) is 10.1 Å². The quantitative estimate of drug-likeness (QED) is 0.656. The number of ether oxygens (including phenoxy) is 2. The molecule has 9 nitrogen and oxygen atoms in total. The third kappa shape index (κ3) is 4.07. The molecule has 0 unspecified atom stereocenters. The number of hydrogen-bond acceptors (Lipinski definition) is 6. The van der Waals surface area contributed by atoms with Crippen molar-refractivity contribution in [2.45, 2.75) is 13.5 Å². The zero-order chi connectivity index (χ0) is 21.8. The smallest absolute Gasteiger partial charge is 0.352 e. The van der Waals surface area contributed by atoms with E-state index in [2.05, 4.69) is 10.4 Å². The fraction of sp³-hybridized carbons (Fsp3) is 0.200. The topological polar surface area (TPSA) is 104 Å². The summed E-state index contributed by atoms with van der Waals surface area (Å²) < 4.78 is 26.3. The Bertz CT molecular complexity index is 1220. The standard InChI is InChI=1S/C20H19FN4O5/c1-12(26)22-14-7-5-8-15(10-14)25-20(28)24(19(27)18(23-25)30-3)11-13-6-4-9-16(29-2)17(13)21/h4-10H,11H2,1-3H3,(H,22,26). The maximum atomic E-state index is 14.6. The van der Waals surface area contributed by atoms with Gasteiger partial charge in [0, 0.05) is 18.2 Å². The maximum absolute atomic E-state index is 14.6. The van der Waals surface area contributed by atoms with E-state index >= 15 is 0 Å². The molecule has 0 atom stereocenters. The van der Waals surface area contributed by atoms with Gasteiger partial charge in [0.2, 0.25) is 5.91 Å². The molecule has 1 amide bonds. The highest BCUT2D eigenvalue weighted by Gasteiger charge is 2.18. The van der Waals surface area contributed by atoms with Gasteiger partial charge in [0.25, 0.3) is 5.88 Å². The number of aromatic nitrogens is 3. The zero-order valence-electron chi connectivity index (χ0n) is 16.5. The van der Waals surface area contributed by atoms with Crippen molar-refractivity contribution in [3.05, 3.63) is 74.7 Å². The summed E-state index contributed by atoms with van der Waals surface area (Å²) in [4.78, 5) is 37.0. The predicted octanol–water partition coefficient (Wildman–Crippen LogP) is 1.56. The molecule has 0 saturated carbocycles. The van der Waals surface area contributed by atoms with Crippen LogP contribution in [0.1, 0.15) is 12.5 Å². The third-order valence-corrected chi connectivity index (χ3v) is 4.23. The molecule has 0 bridgehead atoms. The van der Waals surface area contributed by atoms with E-state index in [-0.39, 0.29) is 35.3 Å². The molecule has 3 aromatic rings. The lowest BCUT2D eigenvalue weighted by Crippen LogP contribution is -2.41. The fourth-order valence-corrected chi connectivity index (χ4v) is 2.85. The van der Waals surface area contributed by atoms with Crippen LogP contribution in [0.2, 0.25) is 0 Å². The monoisotopic (exact) mass is 414 g/mol. The molecular formula is C20H19FN4O5. The van der Waals surface area contributed by atoms with E-state index < -0.39 is 17.1 Å². The number of nitrogens with zero attached hydrogens (tertiary/aromatic N) is 3. The number of carbonyl (C=O) groups excluding carboxylic acids is 1. The number of rotatable bonds is 6. The molecule has 0 aliphatic carbocycles. The van der Waals surface area contributed by atoms with Gasteiger partial charge in [-0.25, -0.2) is 13.8 Å². The SMILES string of the molecule is COc1cccc(Cn2c(=O)c(OC)nn(-c3cccc(NC(C)=O)c3)c2=O)c1F. The van der Waals surface area contributed by atoms with Crippen LogP contribution in [0.3, 0.4) is 0 Å². The molecule has 0 saturated heterocycles. The second-order valence-electron chi connectivity index (χ2n) is 6.26. The van der Waals surface area contributed by atoms with Gasteiger partial charge in [-0.05, 0) is 24.3 Å². The van der Waals surface area contributed by atoms with E-state index in [9.17, 15) is 18.8 Å². The number of methoxy groups -OCH3 is 2. The average molecular weight is 414 g/mol. The summed E-state index contributed by atoms with van der Waals surface area (Å²) in [5, 5.41) is 6.56. The van der Waals surface area contributed by atoms with Gasteiger partial charge in [-0.3, -0.25) is 9.59 Å². The molecule has 30 heavy (non-hydrogen) atoms. The Morgan fingerprint density at radius 3 is 2.53 bits per heavy atom. The molecular weight excluding hydrogens is 395 g/mol. The average Bonchev–Trinajstić information content (AvgIpc) is 2.72. The van der Waals surface area contributed by atoms with Gasteiger partial charge >= 0.3 is 11.2 Å². The van der Waals surface area contributed by atoms with Crippen molar-refractivity contribution in [2.24, 2.45) is 0 Å². The van der Waals surface area contributed by atoms with Gasteiger partial charge in [-0.15, -0.1) is 5.10 Å². The van der Waals surface area contributed by atoms with Crippen molar-refractivity contribution in [3.8, 4) is 17.3 Å². The lowest BCUT2D eigenvalue weighted by Gasteiger charge is -2.13. The summed E-state index contributed by atoms with van der Waals surface area (Å²) in [6.07, 6.45) is 0. The Balaban J connectivity index is 2.16. The second kappa shape index (κ2) is 8.60. The van der Waals surface area contributed by atoms with Crippen molar-refractivity contribution < 1.29 is 18.7 Å². The molecule has 1 aromatic heterocycles. The number of nitrogens with one attached hydrogen (secondary N) is 1. The van der Waals surface area contributed by atoms with Crippen molar-refractivity contribution in [3.63, 3.8) is 0 Å². The van der Waals surface area contributed by atoms with Gasteiger partial charge in [0.1, 0.15) is 0 Å². The lowest BCUT2D eigenvalue weighted by atomic mass is 10.2. The summed E-state index contributed by atoms with van der Waals surface area (Å²) in [7, 11) is 2.56. The predicted molar refractivity (Wildman–Crippen MR) is 107 cm³/mol. The Kier molecular flexibility index (Phi) is 5.95. The van der Waals surface area contributed by atoms with Gasteiger partial charge < -0.3 is 14.8 Å². The molecule has 0 fully saturated rings. The van der Waals surface area contributed by atoms with Crippen LogP contribution < -0.4 is 26.0 Å². The number of benzene rings is 2. The highest BCUT2D eigenvalue weighted by molar-refractivity contribution is 5.88. The first-order chi connectivity index (χ1) is 14.3. The van der Waals surface area contributed by atoms with E-state index in [1.165, 1.54) is 39.3 Å². The van der Waals surface area contributed by atoms with Crippen LogP contribution in [-0.2, 0) is 11.3 Å². The Morgan fingerprint density at radius 1 is 1.13 bits per heavy atom. The van der Waals surface area contributed by atoms with Crippen LogP contribution in [0, 0.1) is 5.82 Å². The van der Waals surface area contributed by atoms with Crippen molar-refractivity contribution in [2.75, 3.05) is 19.5 Å². The Hall–Kier alpha value is -3.95. The minimum Gasteiger partial charge on any atom is -0.494 e. The van der Waals surface area contributed by atoms with Crippen LogP contribution in [0.25, 0.3) is 5.69 Å². The second-order valence-corrected chi connectivity index (χ2v) is 6.26. The molecule has 0 aliphatic heterocycles. The first-order valence-electron chi connectivity index (χ1n) is 8.83. The minimum absolute atomic E-state index is 0.00935. The highest BCUT2D eigenvalue weighted by atomic mass is 19.1. The van der Waals surface area contributed by atoms with E-state index in [1.54, 1.807) is 24.3 Å².